The molecule has 2 amide bonds. The average molecular weight is 243 g/mol. The Morgan fingerprint density at radius 2 is 2.24 bits per heavy atom. The average Bonchev–Trinajstić information content (AvgIpc) is 2.64. The molecule has 0 aromatic rings. The van der Waals surface area contributed by atoms with Crippen LogP contribution < -0.4 is 10.6 Å². The predicted octanol–water partition coefficient (Wildman–Crippen LogP) is 0.101. The van der Waals surface area contributed by atoms with Crippen LogP contribution in [0.15, 0.2) is 0 Å². The lowest BCUT2D eigenvalue weighted by molar-refractivity contribution is -0.141. The Kier molecular flexibility index (Phi) is 5.21. The van der Waals surface area contributed by atoms with E-state index in [0.717, 1.165) is 19.5 Å². The molecule has 1 fully saturated rings. The predicted molar refractivity (Wildman–Crippen MR) is 63.9 cm³/mol. The Morgan fingerprint density at radius 3 is 2.71 bits per heavy atom. The van der Waals surface area contributed by atoms with Crippen molar-refractivity contribution in [1.82, 2.24) is 15.5 Å². The van der Waals surface area contributed by atoms with Crippen LogP contribution in [0.25, 0.3) is 0 Å². The molecule has 2 unspecified atom stereocenters. The second kappa shape index (κ2) is 6.44. The molecule has 0 radical (unpaired) electrons. The minimum atomic E-state index is -0.867. The van der Waals surface area contributed by atoms with Gasteiger partial charge in [-0.3, -0.25) is 4.79 Å². The Balaban J connectivity index is 2.23. The molecule has 0 aromatic carbocycles. The Labute approximate surface area is 101 Å². The van der Waals surface area contributed by atoms with E-state index in [1.165, 1.54) is 0 Å². The summed E-state index contributed by atoms with van der Waals surface area (Å²) < 4.78 is 0. The van der Waals surface area contributed by atoms with Gasteiger partial charge in [-0.2, -0.15) is 0 Å². The number of likely N-dealkylation sites (N-methyl/N-ethyl adjacent to an activating group) is 1. The van der Waals surface area contributed by atoms with Crippen molar-refractivity contribution in [3.8, 4) is 0 Å². The van der Waals surface area contributed by atoms with E-state index >= 15 is 0 Å². The standard InChI is InChI=1S/C11H21N3O3/c1-3-8(10(15)16)6-12-11(17)13-9-4-5-14(2)7-9/h8-9H,3-7H2,1-2H3,(H,15,16)(H2,12,13,17). The number of hydrogen-bond acceptors (Lipinski definition) is 3. The molecule has 1 aliphatic heterocycles. The normalized spacial score (nSPS) is 22.1. The molecule has 1 saturated heterocycles. The van der Waals surface area contributed by atoms with Gasteiger partial charge in [0.1, 0.15) is 0 Å². The molecule has 3 N–H and O–H groups in total. The lowest BCUT2D eigenvalue weighted by Gasteiger charge is -2.15. The van der Waals surface area contributed by atoms with Gasteiger partial charge in [-0.1, -0.05) is 6.92 Å². The minimum absolute atomic E-state index is 0.171. The highest BCUT2D eigenvalue weighted by molar-refractivity contribution is 5.76. The first kappa shape index (κ1) is 13.8. The largest absolute Gasteiger partial charge is 0.481 e. The van der Waals surface area contributed by atoms with E-state index < -0.39 is 11.9 Å². The smallest absolute Gasteiger partial charge is 0.315 e. The maximum atomic E-state index is 11.5. The summed E-state index contributed by atoms with van der Waals surface area (Å²) >= 11 is 0. The zero-order valence-corrected chi connectivity index (χ0v) is 10.4. The SMILES string of the molecule is CCC(CNC(=O)NC1CCN(C)C1)C(=O)O. The number of aliphatic carboxylic acids is 1. The molecule has 1 rings (SSSR count). The molecule has 6 heteroatoms. The number of carboxylic acids is 1. The van der Waals surface area contributed by atoms with E-state index in [2.05, 4.69) is 15.5 Å². The lowest BCUT2D eigenvalue weighted by atomic mass is 10.1. The number of carbonyl (C=O) groups is 2. The Bertz CT molecular complexity index is 283. The molecule has 0 saturated carbocycles. The van der Waals surface area contributed by atoms with Crippen molar-refractivity contribution in [3.63, 3.8) is 0 Å². The molecule has 17 heavy (non-hydrogen) atoms. The van der Waals surface area contributed by atoms with Crippen molar-refractivity contribution in [3.05, 3.63) is 0 Å². The highest BCUT2D eigenvalue weighted by Gasteiger charge is 2.21. The number of hydrogen-bond donors (Lipinski definition) is 3. The van der Waals surface area contributed by atoms with Gasteiger partial charge in [-0.05, 0) is 26.4 Å². The van der Waals surface area contributed by atoms with E-state index in [1.807, 2.05) is 7.05 Å². The second-order valence-corrected chi connectivity index (χ2v) is 4.55. The van der Waals surface area contributed by atoms with Gasteiger partial charge in [0.2, 0.25) is 0 Å². The van der Waals surface area contributed by atoms with Gasteiger partial charge in [0.25, 0.3) is 0 Å². The fourth-order valence-electron chi connectivity index (χ4n) is 1.91. The number of carbonyl (C=O) groups excluding carboxylic acids is 1. The first-order valence-electron chi connectivity index (χ1n) is 5.98. The quantitative estimate of drug-likeness (QED) is 0.639. The molecule has 2 atom stereocenters. The fraction of sp³-hybridized carbons (Fsp3) is 0.818. The third kappa shape index (κ3) is 4.60. The first-order valence-corrected chi connectivity index (χ1v) is 5.98. The van der Waals surface area contributed by atoms with Gasteiger partial charge in [-0.25, -0.2) is 4.79 Å². The van der Waals surface area contributed by atoms with E-state index in [-0.39, 0.29) is 18.6 Å². The number of carboxylic acid groups (broad SMARTS) is 1. The van der Waals surface area contributed by atoms with Crippen molar-refractivity contribution in [2.45, 2.75) is 25.8 Å². The van der Waals surface area contributed by atoms with Crippen LogP contribution in [0.4, 0.5) is 4.79 Å². The molecule has 1 aliphatic rings. The van der Waals surface area contributed by atoms with E-state index in [4.69, 9.17) is 5.11 Å². The van der Waals surface area contributed by atoms with Crippen LogP contribution in [0.3, 0.4) is 0 Å². The van der Waals surface area contributed by atoms with Crippen molar-refractivity contribution in [1.29, 1.82) is 0 Å². The van der Waals surface area contributed by atoms with E-state index in [1.54, 1.807) is 6.92 Å². The summed E-state index contributed by atoms with van der Waals surface area (Å²) in [4.78, 5) is 24.4. The van der Waals surface area contributed by atoms with E-state index in [0.29, 0.717) is 6.42 Å². The summed E-state index contributed by atoms with van der Waals surface area (Å²) in [7, 11) is 2.01. The van der Waals surface area contributed by atoms with Crippen LogP contribution in [0.5, 0.6) is 0 Å². The Hall–Kier alpha value is -1.30. The van der Waals surface area contributed by atoms with Crippen LogP contribution in [0.2, 0.25) is 0 Å². The van der Waals surface area contributed by atoms with Gasteiger partial charge in [0, 0.05) is 19.1 Å². The highest BCUT2D eigenvalue weighted by atomic mass is 16.4. The number of likely N-dealkylation sites (tertiary alicyclic amines) is 1. The van der Waals surface area contributed by atoms with Gasteiger partial charge < -0.3 is 20.6 Å². The number of urea groups is 1. The molecular weight excluding hydrogens is 222 g/mol. The van der Waals surface area contributed by atoms with Gasteiger partial charge in [0.05, 0.1) is 5.92 Å². The van der Waals surface area contributed by atoms with Crippen LogP contribution in [-0.2, 0) is 4.79 Å². The summed E-state index contributed by atoms with van der Waals surface area (Å²) in [6.45, 7) is 3.81. The molecule has 0 bridgehead atoms. The monoisotopic (exact) mass is 243 g/mol. The molecule has 0 aliphatic carbocycles. The number of rotatable bonds is 5. The van der Waals surface area contributed by atoms with Gasteiger partial charge in [-0.15, -0.1) is 0 Å². The van der Waals surface area contributed by atoms with E-state index in [9.17, 15) is 9.59 Å². The third-order valence-electron chi connectivity index (χ3n) is 3.08. The summed E-state index contributed by atoms with van der Waals surface area (Å²) in [5.74, 6) is -1.37. The minimum Gasteiger partial charge on any atom is -0.481 e. The summed E-state index contributed by atoms with van der Waals surface area (Å²) in [6.07, 6.45) is 1.46. The molecule has 6 nitrogen and oxygen atoms in total. The number of nitrogens with zero attached hydrogens (tertiary/aromatic N) is 1. The van der Waals surface area contributed by atoms with Crippen LogP contribution in [-0.4, -0.2) is 54.7 Å². The summed E-state index contributed by atoms with van der Waals surface area (Å²) in [5.41, 5.74) is 0. The van der Waals surface area contributed by atoms with Crippen LogP contribution >= 0.6 is 0 Å². The molecule has 0 spiro atoms. The maximum absolute atomic E-state index is 11.5. The third-order valence-corrected chi connectivity index (χ3v) is 3.08. The fourth-order valence-corrected chi connectivity index (χ4v) is 1.91. The van der Waals surface area contributed by atoms with Gasteiger partial charge in [0.15, 0.2) is 0 Å². The topological polar surface area (TPSA) is 81.7 Å². The highest BCUT2D eigenvalue weighted by Crippen LogP contribution is 2.05. The molecule has 1 heterocycles. The number of nitrogens with one attached hydrogen (secondary N) is 2. The zero-order chi connectivity index (χ0) is 12.8. The Morgan fingerprint density at radius 1 is 1.53 bits per heavy atom. The zero-order valence-electron chi connectivity index (χ0n) is 10.4. The summed E-state index contributed by atoms with van der Waals surface area (Å²) in [6, 6.07) is -0.102. The van der Waals surface area contributed by atoms with Crippen LogP contribution in [0.1, 0.15) is 19.8 Å². The summed E-state index contributed by atoms with van der Waals surface area (Å²) in [5, 5.41) is 14.3. The number of amides is 2. The lowest BCUT2D eigenvalue weighted by Crippen LogP contribution is -2.45. The van der Waals surface area contributed by atoms with Crippen molar-refractivity contribution < 1.29 is 14.7 Å². The second-order valence-electron chi connectivity index (χ2n) is 4.55. The first-order chi connectivity index (χ1) is 8.02. The van der Waals surface area contributed by atoms with Crippen molar-refractivity contribution in [2.75, 3.05) is 26.7 Å². The molecular formula is C11H21N3O3. The van der Waals surface area contributed by atoms with Crippen molar-refractivity contribution >= 4 is 12.0 Å². The maximum Gasteiger partial charge on any atom is 0.315 e. The van der Waals surface area contributed by atoms with Gasteiger partial charge >= 0.3 is 12.0 Å². The van der Waals surface area contributed by atoms with Crippen molar-refractivity contribution in [2.24, 2.45) is 5.92 Å². The molecule has 0 aromatic heterocycles. The van der Waals surface area contributed by atoms with Crippen LogP contribution in [0, 0.1) is 5.92 Å². The molecule has 98 valence electrons.